The fourth-order valence-corrected chi connectivity index (χ4v) is 1.50. The van der Waals surface area contributed by atoms with Crippen LogP contribution in [-0.2, 0) is 16.1 Å². The fourth-order valence-electron chi connectivity index (χ4n) is 1.50. The Morgan fingerprint density at radius 3 is 2.35 bits per heavy atom. The highest BCUT2D eigenvalue weighted by Gasteiger charge is 2.12. The van der Waals surface area contributed by atoms with Crippen LogP contribution in [0, 0.1) is 0 Å². The molecular formula is C13H16F2N2O3. The third-order valence-electron chi connectivity index (χ3n) is 2.43. The molecule has 0 bridgehead atoms. The Morgan fingerprint density at radius 2 is 1.85 bits per heavy atom. The molecule has 0 spiro atoms. The largest absolute Gasteiger partial charge is 0.435 e. The molecule has 0 aromatic heterocycles. The number of nitrogens with one attached hydrogen (secondary N) is 2. The average Bonchev–Trinajstić information content (AvgIpc) is 2.36. The van der Waals surface area contributed by atoms with Crippen molar-refractivity contribution in [2.24, 2.45) is 0 Å². The molecule has 5 nitrogen and oxygen atoms in total. The van der Waals surface area contributed by atoms with Crippen LogP contribution < -0.4 is 15.4 Å². The molecule has 2 amide bonds. The van der Waals surface area contributed by atoms with Crippen LogP contribution in [0.4, 0.5) is 8.78 Å². The molecule has 1 aromatic carbocycles. The lowest BCUT2D eigenvalue weighted by Crippen LogP contribution is -2.43. The molecule has 1 atom stereocenters. The normalized spacial score (nSPS) is 11.8. The van der Waals surface area contributed by atoms with Crippen molar-refractivity contribution >= 4 is 11.8 Å². The van der Waals surface area contributed by atoms with Crippen LogP contribution in [0.25, 0.3) is 0 Å². The van der Waals surface area contributed by atoms with Gasteiger partial charge in [-0.2, -0.15) is 8.78 Å². The van der Waals surface area contributed by atoms with Crippen LogP contribution in [0.2, 0.25) is 0 Å². The smallest absolute Gasteiger partial charge is 0.387 e. The van der Waals surface area contributed by atoms with Crippen molar-refractivity contribution in [3.8, 4) is 5.75 Å². The number of alkyl halides is 2. The number of hydrogen-bond acceptors (Lipinski definition) is 3. The van der Waals surface area contributed by atoms with E-state index in [1.54, 1.807) is 19.1 Å². The third kappa shape index (κ3) is 5.64. The zero-order chi connectivity index (χ0) is 15.1. The summed E-state index contributed by atoms with van der Waals surface area (Å²) in [6.45, 7) is 0.263. The van der Waals surface area contributed by atoms with Gasteiger partial charge in [-0.05, 0) is 24.6 Å². The SMILES string of the molecule is CC(=O)N[C@@H](C)C(=O)NCc1ccc(OC(F)F)cc1. The Labute approximate surface area is 115 Å². The van der Waals surface area contributed by atoms with Gasteiger partial charge in [0.2, 0.25) is 11.8 Å². The third-order valence-corrected chi connectivity index (χ3v) is 2.43. The summed E-state index contributed by atoms with van der Waals surface area (Å²) < 4.78 is 28.1. The molecule has 0 radical (unpaired) electrons. The van der Waals surface area contributed by atoms with Gasteiger partial charge in [0.05, 0.1) is 0 Å². The second-order valence-electron chi connectivity index (χ2n) is 4.16. The van der Waals surface area contributed by atoms with E-state index in [0.29, 0.717) is 0 Å². The number of benzene rings is 1. The second-order valence-corrected chi connectivity index (χ2v) is 4.16. The molecule has 0 aliphatic rings. The first-order chi connectivity index (χ1) is 9.38. The van der Waals surface area contributed by atoms with Crippen LogP contribution in [0.1, 0.15) is 19.4 Å². The number of ether oxygens (including phenoxy) is 1. The molecule has 1 rings (SSSR count). The van der Waals surface area contributed by atoms with Gasteiger partial charge in [0.15, 0.2) is 0 Å². The Morgan fingerprint density at radius 1 is 1.25 bits per heavy atom. The molecule has 1 aromatic rings. The van der Waals surface area contributed by atoms with Crippen LogP contribution in [0.5, 0.6) is 5.75 Å². The predicted molar refractivity (Wildman–Crippen MR) is 68.2 cm³/mol. The van der Waals surface area contributed by atoms with E-state index in [1.165, 1.54) is 19.1 Å². The van der Waals surface area contributed by atoms with Crippen LogP contribution in [0.3, 0.4) is 0 Å². The maximum Gasteiger partial charge on any atom is 0.387 e. The van der Waals surface area contributed by atoms with Crippen LogP contribution in [-0.4, -0.2) is 24.5 Å². The van der Waals surface area contributed by atoms with Gasteiger partial charge < -0.3 is 15.4 Å². The number of carbonyl (C=O) groups excluding carboxylic acids is 2. The van der Waals surface area contributed by atoms with Gasteiger partial charge in [0, 0.05) is 13.5 Å². The standard InChI is InChI=1S/C13H16F2N2O3/c1-8(17-9(2)18)12(19)16-7-10-3-5-11(6-4-10)20-13(14)15/h3-6,8,13H,7H2,1-2H3,(H,16,19)(H,17,18)/t8-/m0/s1. The molecule has 2 N–H and O–H groups in total. The molecule has 0 saturated carbocycles. The molecule has 0 aliphatic heterocycles. The highest BCUT2D eigenvalue weighted by atomic mass is 19.3. The van der Waals surface area contributed by atoms with Gasteiger partial charge in [0.1, 0.15) is 11.8 Å². The lowest BCUT2D eigenvalue weighted by molar-refractivity contribution is -0.127. The predicted octanol–water partition coefficient (Wildman–Crippen LogP) is 1.43. The number of halogens is 2. The number of hydrogen-bond donors (Lipinski definition) is 2. The summed E-state index contributed by atoms with van der Waals surface area (Å²) in [6, 6.07) is 5.30. The highest BCUT2D eigenvalue weighted by molar-refractivity contribution is 5.86. The summed E-state index contributed by atoms with van der Waals surface area (Å²) in [5, 5.41) is 5.08. The molecule has 0 unspecified atom stereocenters. The lowest BCUT2D eigenvalue weighted by atomic mass is 10.2. The quantitative estimate of drug-likeness (QED) is 0.831. The average molecular weight is 286 g/mol. The summed E-state index contributed by atoms with van der Waals surface area (Å²) in [5.74, 6) is -0.559. The summed E-state index contributed by atoms with van der Waals surface area (Å²) in [7, 11) is 0. The molecular weight excluding hydrogens is 270 g/mol. The van der Waals surface area contributed by atoms with Gasteiger partial charge in [-0.1, -0.05) is 12.1 Å². The molecule has 110 valence electrons. The van der Waals surface area contributed by atoms with E-state index in [2.05, 4.69) is 15.4 Å². The van der Waals surface area contributed by atoms with Crippen molar-refractivity contribution in [1.82, 2.24) is 10.6 Å². The second kappa shape index (κ2) is 7.42. The van der Waals surface area contributed by atoms with E-state index in [4.69, 9.17) is 0 Å². The molecule has 20 heavy (non-hydrogen) atoms. The minimum Gasteiger partial charge on any atom is -0.435 e. The molecule has 0 heterocycles. The van der Waals surface area contributed by atoms with Gasteiger partial charge in [-0.3, -0.25) is 9.59 Å². The first-order valence-corrected chi connectivity index (χ1v) is 5.97. The van der Waals surface area contributed by atoms with Crippen molar-refractivity contribution in [2.45, 2.75) is 33.0 Å². The summed E-state index contributed by atoms with van der Waals surface area (Å²) >= 11 is 0. The van der Waals surface area contributed by atoms with E-state index in [-0.39, 0.29) is 24.1 Å². The maximum absolute atomic E-state index is 12.0. The number of carbonyl (C=O) groups is 2. The minimum atomic E-state index is -2.86. The molecule has 0 aliphatic carbocycles. The topological polar surface area (TPSA) is 67.4 Å². The van der Waals surface area contributed by atoms with Crippen molar-refractivity contribution < 1.29 is 23.1 Å². The maximum atomic E-state index is 12.0. The minimum absolute atomic E-state index is 0.0571. The first kappa shape index (κ1) is 15.9. The number of amides is 2. The van der Waals surface area contributed by atoms with E-state index in [9.17, 15) is 18.4 Å². The van der Waals surface area contributed by atoms with Crippen molar-refractivity contribution in [1.29, 1.82) is 0 Å². The molecule has 0 saturated heterocycles. The van der Waals surface area contributed by atoms with Crippen molar-refractivity contribution in [3.63, 3.8) is 0 Å². The Bertz CT molecular complexity index is 463. The van der Waals surface area contributed by atoms with Crippen LogP contribution in [0.15, 0.2) is 24.3 Å². The zero-order valence-corrected chi connectivity index (χ0v) is 11.2. The molecule has 0 fully saturated rings. The summed E-state index contributed by atoms with van der Waals surface area (Å²) in [6.07, 6.45) is 0. The Hall–Kier alpha value is -2.18. The fraction of sp³-hybridized carbons (Fsp3) is 0.385. The summed E-state index contributed by atoms with van der Waals surface area (Å²) in [5.41, 5.74) is 0.731. The Kier molecular flexibility index (Phi) is 5.89. The van der Waals surface area contributed by atoms with Gasteiger partial charge in [0.25, 0.3) is 0 Å². The van der Waals surface area contributed by atoms with Gasteiger partial charge in [-0.25, -0.2) is 0 Å². The number of rotatable bonds is 6. The van der Waals surface area contributed by atoms with Gasteiger partial charge in [-0.15, -0.1) is 0 Å². The van der Waals surface area contributed by atoms with Gasteiger partial charge >= 0.3 is 6.61 Å². The highest BCUT2D eigenvalue weighted by Crippen LogP contribution is 2.14. The monoisotopic (exact) mass is 286 g/mol. The lowest BCUT2D eigenvalue weighted by Gasteiger charge is -2.13. The molecule has 7 heteroatoms. The van der Waals surface area contributed by atoms with E-state index >= 15 is 0 Å². The van der Waals surface area contributed by atoms with Crippen LogP contribution >= 0.6 is 0 Å². The summed E-state index contributed by atoms with van der Waals surface area (Å²) in [4.78, 5) is 22.4. The Balaban J connectivity index is 2.45. The van der Waals surface area contributed by atoms with Crippen molar-refractivity contribution in [3.05, 3.63) is 29.8 Å². The van der Waals surface area contributed by atoms with E-state index < -0.39 is 12.7 Å². The van der Waals surface area contributed by atoms with E-state index in [0.717, 1.165) is 5.56 Å². The van der Waals surface area contributed by atoms with E-state index in [1.807, 2.05) is 0 Å². The zero-order valence-electron chi connectivity index (χ0n) is 11.2. The first-order valence-electron chi connectivity index (χ1n) is 5.97. The van der Waals surface area contributed by atoms with Crippen molar-refractivity contribution in [2.75, 3.05) is 0 Å².